The van der Waals surface area contributed by atoms with Crippen LogP contribution in [-0.2, 0) is 6.42 Å². The van der Waals surface area contributed by atoms with E-state index in [0.717, 1.165) is 5.56 Å². The van der Waals surface area contributed by atoms with E-state index in [1.807, 2.05) is 6.92 Å². The van der Waals surface area contributed by atoms with Crippen molar-refractivity contribution >= 4 is 57.9 Å². The Labute approximate surface area is 130 Å². The van der Waals surface area contributed by atoms with Crippen molar-refractivity contribution in [1.29, 1.82) is 0 Å². The average Bonchev–Trinajstić information content (AvgIpc) is 2.36. The molecule has 0 radical (unpaired) electrons. The lowest BCUT2D eigenvalue weighted by molar-refractivity contribution is 1.05. The predicted molar refractivity (Wildman–Crippen MR) is 81.2 cm³/mol. The van der Waals surface area contributed by atoms with Crippen molar-refractivity contribution in [3.8, 4) is 0 Å². The molecule has 0 fully saturated rings. The highest BCUT2D eigenvalue weighted by molar-refractivity contribution is 6.44. The molecule has 0 spiro atoms. The van der Waals surface area contributed by atoms with Crippen LogP contribution in [0, 0.1) is 0 Å². The van der Waals surface area contributed by atoms with Gasteiger partial charge in [-0.05, 0) is 18.6 Å². The molecule has 0 unspecified atom stereocenters. The van der Waals surface area contributed by atoms with Gasteiger partial charge in [0.05, 0.1) is 20.8 Å². The Morgan fingerprint density at radius 3 is 2.37 bits per heavy atom. The Balaban J connectivity index is 2.42. The number of rotatable bonds is 3. The second kappa shape index (κ2) is 6.14. The molecular formula is C12H9Cl4N3. The van der Waals surface area contributed by atoms with Crippen molar-refractivity contribution in [2.45, 2.75) is 13.3 Å². The summed E-state index contributed by atoms with van der Waals surface area (Å²) >= 11 is 24.0. The van der Waals surface area contributed by atoms with Crippen LogP contribution in [0.4, 0.5) is 11.5 Å². The lowest BCUT2D eigenvalue weighted by atomic mass is 10.2. The summed E-state index contributed by atoms with van der Waals surface area (Å²) in [4.78, 5) is 8.10. The van der Waals surface area contributed by atoms with Crippen molar-refractivity contribution in [1.82, 2.24) is 9.97 Å². The van der Waals surface area contributed by atoms with E-state index in [0.29, 0.717) is 38.1 Å². The molecule has 0 aliphatic heterocycles. The number of hydrogen-bond acceptors (Lipinski definition) is 3. The number of aromatic nitrogens is 2. The van der Waals surface area contributed by atoms with Crippen LogP contribution in [0.1, 0.15) is 12.5 Å². The summed E-state index contributed by atoms with van der Waals surface area (Å²) in [6.07, 6.45) is 2.08. The summed E-state index contributed by atoms with van der Waals surface area (Å²) < 4.78 is 0. The van der Waals surface area contributed by atoms with Crippen LogP contribution in [-0.4, -0.2) is 9.97 Å². The third-order valence-corrected chi connectivity index (χ3v) is 3.87. The Bertz CT molecular complexity index is 616. The van der Waals surface area contributed by atoms with Gasteiger partial charge in [-0.3, -0.25) is 0 Å². The SMILES string of the molecule is CCc1c(Cl)ncnc1Nc1cc(Cl)c(Cl)cc1Cl. The number of hydrogen-bond donors (Lipinski definition) is 1. The second-order valence-corrected chi connectivity index (χ2v) is 5.30. The summed E-state index contributed by atoms with van der Waals surface area (Å²) in [5, 5.41) is 4.76. The Morgan fingerprint density at radius 2 is 1.68 bits per heavy atom. The molecule has 0 amide bonds. The first-order valence-corrected chi connectivity index (χ1v) is 6.95. The quantitative estimate of drug-likeness (QED) is 0.602. The van der Waals surface area contributed by atoms with Gasteiger partial charge in [0.1, 0.15) is 17.3 Å². The maximum Gasteiger partial charge on any atom is 0.138 e. The van der Waals surface area contributed by atoms with Crippen molar-refractivity contribution in [3.63, 3.8) is 0 Å². The van der Waals surface area contributed by atoms with Gasteiger partial charge in [0, 0.05) is 5.56 Å². The zero-order valence-electron chi connectivity index (χ0n) is 9.85. The Hall–Kier alpha value is -0.740. The van der Waals surface area contributed by atoms with E-state index in [-0.39, 0.29) is 0 Å². The normalized spacial score (nSPS) is 10.6. The number of benzene rings is 1. The van der Waals surface area contributed by atoms with E-state index in [9.17, 15) is 0 Å². The van der Waals surface area contributed by atoms with Crippen LogP contribution in [0.15, 0.2) is 18.5 Å². The Kier molecular flexibility index (Phi) is 4.74. The molecular weight excluding hydrogens is 328 g/mol. The van der Waals surface area contributed by atoms with Gasteiger partial charge >= 0.3 is 0 Å². The lowest BCUT2D eigenvalue weighted by Gasteiger charge is -2.12. The minimum atomic E-state index is 0.397. The zero-order valence-corrected chi connectivity index (χ0v) is 12.9. The standard InChI is InChI=1S/C12H9Cl4N3/c1-2-6-11(16)17-5-18-12(6)19-10-4-8(14)7(13)3-9(10)15/h3-5H,2H2,1H3,(H,17,18,19). The summed E-state index contributed by atoms with van der Waals surface area (Å²) in [5.41, 5.74) is 1.42. The molecule has 1 aromatic heterocycles. The molecule has 0 saturated heterocycles. The largest absolute Gasteiger partial charge is 0.339 e. The van der Waals surface area contributed by atoms with Gasteiger partial charge in [0.15, 0.2) is 0 Å². The highest BCUT2D eigenvalue weighted by atomic mass is 35.5. The molecule has 0 bridgehead atoms. The van der Waals surface area contributed by atoms with Crippen LogP contribution >= 0.6 is 46.4 Å². The monoisotopic (exact) mass is 335 g/mol. The van der Waals surface area contributed by atoms with Crippen molar-refractivity contribution < 1.29 is 0 Å². The maximum absolute atomic E-state index is 6.10. The highest BCUT2D eigenvalue weighted by Crippen LogP contribution is 2.34. The van der Waals surface area contributed by atoms with Gasteiger partial charge in [-0.25, -0.2) is 9.97 Å². The highest BCUT2D eigenvalue weighted by Gasteiger charge is 2.11. The van der Waals surface area contributed by atoms with E-state index in [1.165, 1.54) is 6.33 Å². The average molecular weight is 337 g/mol. The van der Waals surface area contributed by atoms with Gasteiger partial charge in [-0.1, -0.05) is 53.3 Å². The molecule has 0 aliphatic rings. The lowest BCUT2D eigenvalue weighted by Crippen LogP contribution is -2.01. The molecule has 7 heteroatoms. The molecule has 1 aromatic carbocycles. The first kappa shape index (κ1) is 14.7. The van der Waals surface area contributed by atoms with E-state index in [2.05, 4.69) is 15.3 Å². The minimum absolute atomic E-state index is 0.397. The van der Waals surface area contributed by atoms with Crippen molar-refractivity contribution in [2.24, 2.45) is 0 Å². The van der Waals surface area contributed by atoms with E-state index < -0.39 is 0 Å². The van der Waals surface area contributed by atoms with Crippen LogP contribution in [0.2, 0.25) is 20.2 Å². The van der Waals surface area contributed by atoms with Gasteiger partial charge < -0.3 is 5.32 Å². The maximum atomic E-state index is 6.10. The van der Waals surface area contributed by atoms with E-state index >= 15 is 0 Å². The van der Waals surface area contributed by atoms with Gasteiger partial charge in [0.2, 0.25) is 0 Å². The fraction of sp³-hybridized carbons (Fsp3) is 0.167. The molecule has 0 saturated carbocycles. The van der Waals surface area contributed by atoms with Crippen molar-refractivity contribution in [3.05, 3.63) is 44.2 Å². The fourth-order valence-corrected chi connectivity index (χ4v) is 2.42. The molecule has 3 nitrogen and oxygen atoms in total. The molecule has 1 N–H and O–H groups in total. The van der Waals surface area contributed by atoms with E-state index in [1.54, 1.807) is 12.1 Å². The summed E-state index contributed by atoms with van der Waals surface area (Å²) in [5.74, 6) is 0.600. The van der Waals surface area contributed by atoms with Crippen LogP contribution in [0.25, 0.3) is 0 Å². The minimum Gasteiger partial charge on any atom is -0.339 e. The molecule has 1 heterocycles. The Morgan fingerprint density at radius 1 is 1.00 bits per heavy atom. The zero-order chi connectivity index (χ0) is 14.0. The molecule has 0 aliphatic carbocycles. The third kappa shape index (κ3) is 3.23. The first-order chi connectivity index (χ1) is 9.02. The summed E-state index contributed by atoms with van der Waals surface area (Å²) in [6, 6.07) is 3.21. The molecule has 2 aromatic rings. The molecule has 19 heavy (non-hydrogen) atoms. The predicted octanol–water partition coefficient (Wildman–Crippen LogP) is 5.40. The second-order valence-electron chi connectivity index (χ2n) is 3.72. The summed E-state index contributed by atoms with van der Waals surface area (Å²) in [7, 11) is 0. The van der Waals surface area contributed by atoms with E-state index in [4.69, 9.17) is 46.4 Å². The van der Waals surface area contributed by atoms with Crippen molar-refractivity contribution in [2.75, 3.05) is 5.32 Å². The number of halogens is 4. The number of anilines is 2. The smallest absolute Gasteiger partial charge is 0.138 e. The van der Waals surface area contributed by atoms with Crippen LogP contribution < -0.4 is 5.32 Å². The first-order valence-electron chi connectivity index (χ1n) is 5.43. The van der Waals surface area contributed by atoms with Gasteiger partial charge in [-0.15, -0.1) is 0 Å². The number of nitrogens with one attached hydrogen (secondary N) is 1. The van der Waals surface area contributed by atoms with Crippen LogP contribution in [0.3, 0.4) is 0 Å². The van der Waals surface area contributed by atoms with Crippen LogP contribution in [0.5, 0.6) is 0 Å². The number of nitrogens with zero attached hydrogens (tertiary/aromatic N) is 2. The van der Waals surface area contributed by atoms with Gasteiger partial charge in [0.25, 0.3) is 0 Å². The van der Waals surface area contributed by atoms with Gasteiger partial charge in [-0.2, -0.15) is 0 Å². The summed E-state index contributed by atoms with van der Waals surface area (Å²) in [6.45, 7) is 1.96. The molecule has 100 valence electrons. The topological polar surface area (TPSA) is 37.8 Å². The molecule has 0 atom stereocenters. The fourth-order valence-electron chi connectivity index (χ4n) is 1.56. The molecule has 2 rings (SSSR count). The third-order valence-electron chi connectivity index (χ3n) is 2.51.